The fourth-order valence-electron chi connectivity index (χ4n) is 1.94. The third-order valence-electron chi connectivity index (χ3n) is 3.04. The van der Waals surface area contributed by atoms with Gasteiger partial charge in [-0.05, 0) is 25.3 Å². The van der Waals surface area contributed by atoms with Crippen LogP contribution in [0, 0.1) is 0 Å². The van der Waals surface area contributed by atoms with Gasteiger partial charge in [-0.3, -0.25) is 9.48 Å². The highest BCUT2D eigenvalue weighted by molar-refractivity contribution is 5.83. The van der Waals surface area contributed by atoms with Gasteiger partial charge in [-0.2, -0.15) is 5.10 Å². The van der Waals surface area contributed by atoms with E-state index in [4.69, 9.17) is 5.73 Å². The van der Waals surface area contributed by atoms with Crippen LogP contribution < -0.4 is 16.4 Å². The lowest BCUT2D eigenvalue weighted by molar-refractivity contribution is -0.120. The van der Waals surface area contributed by atoms with Crippen molar-refractivity contribution in [1.29, 1.82) is 0 Å². The number of rotatable bonds is 7. The Morgan fingerprint density at radius 1 is 1.42 bits per heavy atom. The van der Waals surface area contributed by atoms with Gasteiger partial charge in [0.1, 0.15) is 0 Å². The zero-order valence-electron chi connectivity index (χ0n) is 10.8. The average molecular weight is 265 g/mol. The summed E-state index contributed by atoms with van der Waals surface area (Å²) in [7, 11) is 0. The van der Waals surface area contributed by atoms with Gasteiger partial charge in [0.05, 0.1) is 6.54 Å². The maximum absolute atomic E-state index is 11.3. The molecule has 0 bridgehead atoms. The second-order valence-electron chi connectivity index (χ2n) is 4.67. The van der Waals surface area contributed by atoms with Crippen LogP contribution in [0.2, 0.25) is 0 Å². The van der Waals surface area contributed by atoms with E-state index in [-0.39, 0.29) is 12.5 Å². The number of urea groups is 1. The summed E-state index contributed by atoms with van der Waals surface area (Å²) in [4.78, 5) is 21.7. The van der Waals surface area contributed by atoms with Gasteiger partial charge in [-0.1, -0.05) is 0 Å². The van der Waals surface area contributed by atoms with E-state index in [0.29, 0.717) is 12.5 Å². The summed E-state index contributed by atoms with van der Waals surface area (Å²) in [5.74, 6) is 0.443. The Hall–Kier alpha value is -2.05. The van der Waals surface area contributed by atoms with Crippen LogP contribution in [0.4, 0.5) is 4.79 Å². The first-order chi connectivity index (χ1) is 9.16. The molecule has 1 aliphatic carbocycles. The lowest BCUT2D eigenvalue weighted by atomic mass is 10.3. The number of nitrogens with one attached hydrogen (secondary N) is 2. The van der Waals surface area contributed by atoms with Crippen LogP contribution in [0.15, 0.2) is 12.3 Å². The van der Waals surface area contributed by atoms with Crippen molar-refractivity contribution in [2.45, 2.75) is 31.7 Å². The predicted octanol–water partition coefficient (Wildman–Crippen LogP) is -0.0649. The minimum Gasteiger partial charge on any atom is -0.354 e. The number of carbonyl (C=O) groups is 2. The molecule has 0 atom stereocenters. The topological polar surface area (TPSA) is 102 Å². The Morgan fingerprint density at radius 3 is 2.89 bits per heavy atom. The molecule has 0 aromatic carbocycles. The van der Waals surface area contributed by atoms with Crippen LogP contribution in [0.3, 0.4) is 0 Å². The van der Waals surface area contributed by atoms with Gasteiger partial charge in [0, 0.05) is 30.9 Å². The van der Waals surface area contributed by atoms with E-state index < -0.39 is 6.03 Å². The quantitative estimate of drug-likeness (QED) is 0.601. The summed E-state index contributed by atoms with van der Waals surface area (Å²) in [6, 6.07) is 1.37. The van der Waals surface area contributed by atoms with Crippen molar-refractivity contribution < 1.29 is 9.59 Å². The van der Waals surface area contributed by atoms with Crippen LogP contribution in [0.1, 0.15) is 30.9 Å². The second-order valence-corrected chi connectivity index (χ2v) is 4.67. The van der Waals surface area contributed by atoms with Gasteiger partial charge in [-0.15, -0.1) is 0 Å². The molecule has 1 saturated carbocycles. The van der Waals surface area contributed by atoms with Crippen molar-refractivity contribution in [2.24, 2.45) is 5.73 Å². The van der Waals surface area contributed by atoms with E-state index in [1.54, 1.807) is 0 Å². The minimum absolute atomic E-state index is 0.0789. The third-order valence-corrected chi connectivity index (χ3v) is 3.04. The van der Waals surface area contributed by atoms with Crippen molar-refractivity contribution in [3.63, 3.8) is 0 Å². The molecule has 1 aromatic rings. The molecule has 1 fully saturated rings. The molecule has 7 nitrogen and oxygen atoms in total. The van der Waals surface area contributed by atoms with Crippen LogP contribution in [0.5, 0.6) is 0 Å². The van der Waals surface area contributed by atoms with Crippen molar-refractivity contribution in [3.05, 3.63) is 18.0 Å². The fourth-order valence-corrected chi connectivity index (χ4v) is 1.94. The van der Waals surface area contributed by atoms with E-state index in [1.165, 1.54) is 18.5 Å². The van der Waals surface area contributed by atoms with Gasteiger partial charge in [-0.25, -0.2) is 4.79 Å². The molecule has 1 heterocycles. The number of primary amides is 1. The van der Waals surface area contributed by atoms with E-state index in [2.05, 4.69) is 21.8 Å². The Balaban J connectivity index is 1.62. The summed E-state index contributed by atoms with van der Waals surface area (Å²) in [5.41, 5.74) is 6.16. The number of hydrogen-bond donors (Lipinski definition) is 3. The zero-order chi connectivity index (χ0) is 13.7. The number of aryl methyl sites for hydroxylation is 1. The monoisotopic (exact) mass is 265 g/mol. The van der Waals surface area contributed by atoms with E-state index >= 15 is 0 Å². The molecule has 0 radical (unpaired) electrons. The SMILES string of the molecule is NC(=O)NCC(=O)NCCCn1nccc1C1CC1. The first kappa shape index (κ1) is 13.4. The van der Waals surface area contributed by atoms with E-state index in [0.717, 1.165) is 13.0 Å². The molecule has 3 amide bonds. The van der Waals surface area contributed by atoms with Crippen molar-refractivity contribution in [1.82, 2.24) is 20.4 Å². The Morgan fingerprint density at radius 2 is 2.21 bits per heavy atom. The molecule has 1 aromatic heterocycles. The molecule has 104 valence electrons. The summed E-state index contributed by atoms with van der Waals surface area (Å²) < 4.78 is 2.01. The molecule has 0 unspecified atom stereocenters. The first-order valence-electron chi connectivity index (χ1n) is 6.48. The number of nitrogens with two attached hydrogens (primary N) is 1. The Labute approximate surface area is 111 Å². The lowest BCUT2D eigenvalue weighted by Crippen LogP contribution is -2.39. The number of carbonyl (C=O) groups excluding carboxylic acids is 2. The summed E-state index contributed by atoms with van der Waals surface area (Å²) in [5, 5.41) is 9.24. The molecule has 0 saturated heterocycles. The highest BCUT2D eigenvalue weighted by atomic mass is 16.2. The standard InChI is InChI=1S/C12H19N5O2/c13-12(19)15-8-11(18)14-5-1-7-17-10(4-6-16-17)9-2-3-9/h4,6,9H,1-3,5,7-8H2,(H,14,18)(H3,13,15,19). The van der Waals surface area contributed by atoms with Gasteiger partial charge < -0.3 is 16.4 Å². The van der Waals surface area contributed by atoms with Crippen LogP contribution in [-0.4, -0.2) is 34.8 Å². The number of hydrogen-bond acceptors (Lipinski definition) is 3. The highest BCUT2D eigenvalue weighted by Gasteiger charge is 2.26. The largest absolute Gasteiger partial charge is 0.354 e. The zero-order valence-corrected chi connectivity index (χ0v) is 10.8. The number of amides is 3. The average Bonchev–Trinajstić information content (AvgIpc) is 3.12. The number of aromatic nitrogens is 2. The molecule has 7 heteroatoms. The molecule has 2 rings (SSSR count). The van der Waals surface area contributed by atoms with Crippen LogP contribution >= 0.6 is 0 Å². The summed E-state index contributed by atoms with van der Waals surface area (Å²) >= 11 is 0. The van der Waals surface area contributed by atoms with Crippen molar-refractivity contribution >= 4 is 11.9 Å². The maximum Gasteiger partial charge on any atom is 0.312 e. The van der Waals surface area contributed by atoms with Gasteiger partial charge in [0.25, 0.3) is 0 Å². The minimum atomic E-state index is -0.694. The number of nitrogens with zero attached hydrogens (tertiary/aromatic N) is 2. The Bertz CT molecular complexity index is 453. The van der Waals surface area contributed by atoms with Gasteiger partial charge in [0.2, 0.25) is 5.91 Å². The van der Waals surface area contributed by atoms with E-state index in [1.807, 2.05) is 10.9 Å². The van der Waals surface area contributed by atoms with Gasteiger partial charge in [0.15, 0.2) is 0 Å². The van der Waals surface area contributed by atoms with Crippen LogP contribution in [-0.2, 0) is 11.3 Å². The third kappa shape index (κ3) is 4.27. The smallest absolute Gasteiger partial charge is 0.312 e. The maximum atomic E-state index is 11.3. The normalized spacial score (nSPS) is 14.1. The van der Waals surface area contributed by atoms with Crippen molar-refractivity contribution in [2.75, 3.05) is 13.1 Å². The Kier molecular flexibility index (Phi) is 4.38. The molecular weight excluding hydrogens is 246 g/mol. The summed E-state index contributed by atoms with van der Waals surface area (Å²) in [6.07, 6.45) is 5.13. The molecule has 0 spiro atoms. The predicted molar refractivity (Wildman–Crippen MR) is 69.4 cm³/mol. The molecular formula is C12H19N5O2. The van der Waals surface area contributed by atoms with Gasteiger partial charge >= 0.3 is 6.03 Å². The fraction of sp³-hybridized carbons (Fsp3) is 0.583. The molecule has 19 heavy (non-hydrogen) atoms. The van der Waals surface area contributed by atoms with E-state index in [9.17, 15) is 9.59 Å². The van der Waals surface area contributed by atoms with Crippen LogP contribution in [0.25, 0.3) is 0 Å². The molecule has 1 aliphatic rings. The molecule has 4 N–H and O–H groups in total. The highest BCUT2D eigenvalue weighted by Crippen LogP contribution is 2.39. The second kappa shape index (κ2) is 6.21. The van der Waals surface area contributed by atoms with Crippen molar-refractivity contribution in [3.8, 4) is 0 Å². The lowest BCUT2D eigenvalue weighted by Gasteiger charge is -2.08. The summed E-state index contributed by atoms with van der Waals surface area (Å²) in [6.45, 7) is 1.27. The first-order valence-corrected chi connectivity index (χ1v) is 6.48. The molecule has 0 aliphatic heterocycles.